The van der Waals surface area contributed by atoms with Crippen molar-refractivity contribution in [2.24, 2.45) is 5.84 Å². The van der Waals surface area contributed by atoms with Crippen molar-refractivity contribution in [2.75, 3.05) is 0 Å². The molecule has 54 valence electrons. The second-order valence-corrected chi connectivity index (χ2v) is 2.38. The second kappa shape index (κ2) is 3.56. The highest BCUT2D eigenvalue weighted by molar-refractivity contribution is 6.31. The molecule has 0 aromatic heterocycles. The van der Waals surface area contributed by atoms with Crippen LogP contribution in [0.5, 0.6) is 0 Å². The van der Waals surface area contributed by atoms with Gasteiger partial charge in [0.15, 0.2) is 0 Å². The molecule has 2 nitrogen and oxygen atoms in total. The zero-order valence-electron chi connectivity index (χ0n) is 5.47. The summed E-state index contributed by atoms with van der Waals surface area (Å²) < 4.78 is 0. The quantitative estimate of drug-likeness (QED) is 0.501. The lowest BCUT2D eigenvalue weighted by Gasteiger charge is -2.00. The fourth-order valence-corrected chi connectivity index (χ4v) is 0.954. The van der Waals surface area contributed by atoms with Crippen molar-refractivity contribution in [2.45, 2.75) is 6.54 Å². The highest BCUT2D eigenvalue weighted by Crippen LogP contribution is 2.13. The standard InChI is InChI=1S/C7H9ClN2/c8-7-4-2-1-3-6(7)5-10-9/h1-4,10H,5,9H2. The fraction of sp³-hybridized carbons (Fsp3) is 0.143. The van der Waals surface area contributed by atoms with Crippen LogP contribution in [0.4, 0.5) is 0 Å². The summed E-state index contributed by atoms with van der Waals surface area (Å²) >= 11 is 5.81. The molecule has 0 saturated carbocycles. The molecule has 1 aromatic carbocycles. The number of hydrogen-bond acceptors (Lipinski definition) is 2. The number of hydrazine groups is 1. The molecule has 0 bridgehead atoms. The van der Waals surface area contributed by atoms with Gasteiger partial charge in [-0.2, -0.15) is 0 Å². The number of benzene rings is 1. The molecular formula is C7H9ClN2. The molecular weight excluding hydrogens is 148 g/mol. The van der Waals surface area contributed by atoms with Crippen LogP contribution in [0.1, 0.15) is 5.56 Å². The van der Waals surface area contributed by atoms with Crippen molar-refractivity contribution >= 4 is 11.6 Å². The molecule has 0 spiro atoms. The van der Waals surface area contributed by atoms with E-state index in [1.54, 1.807) is 0 Å². The molecule has 0 saturated heterocycles. The summed E-state index contributed by atoms with van der Waals surface area (Å²) in [6.07, 6.45) is 0. The van der Waals surface area contributed by atoms with Gasteiger partial charge in [0.25, 0.3) is 0 Å². The van der Waals surface area contributed by atoms with Gasteiger partial charge in [0.2, 0.25) is 0 Å². The Bertz CT molecular complexity index is 213. The van der Waals surface area contributed by atoms with Crippen LogP contribution in [0.25, 0.3) is 0 Å². The van der Waals surface area contributed by atoms with E-state index in [-0.39, 0.29) is 0 Å². The average molecular weight is 157 g/mol. The lowest BCUT2D eigenvalue weighted by Crippen LogP contribution is -2.20. The van der Waals surface area contributed by atoms with E-state index in [4.69, 9.17) is 17.4 Å². The molecule has 0 unspecified atom stereocenters. The van der Waals surface area contributed by atoms with Gasteiger partial charge >= 0.3 is 0 Å². The first-order valence-electron chi connectivity index (χ1n) is 3.01. The Hall–Kier alpha value is -0.570. The summed E-state index contributed by atoms with van der Waals surface area (Å²) in [4.78, 5) is 0. The molecule has 1 rings (SSSR count). The molecule has 0 heterocycles. The lowest BCUT2D eigenvalue weighted by molar-refractivity contribution is 0.741. The molecule has 0 fully saturated rings. The zero-order chi connectivity index (χ0) is 7.40. The van der Waals surface area contributed by atoms with E-state index in [1.165, 1.54) is 0 Å². The van der Waals surface area contributed by atoms with Crippen molar-refractivity contribution in [3.63, 3.8) is 0 Å². The Balaban J connectivity index is 2.81. The lowest BCUT2D eigenvalue weighted by atomic mass is 10.2. The minimum absolute atomic E-state index is 0.611. The first-order valence-corrected chi connectivity index (χ1v) is 3.39. The predicted molar refractivity (Wildman–Crippen MR) is 42.5 cm³/mol. The third kappa shape index (κ3) is 1.70. The Morgan fingerprint density at radius 2 is 2.10 bits per heavy atom. The number of halogens is 1. The molecule has 0 amide bonds. The second-order valence-electron chi connectivity index (χ2n) is 1.97. The molecule has 10 heavy (non-hydrogen) atoms. The molecule has 1 aromatic rings. The van der Waals surface area contributed by atoms with E-state index in [0.29, 0.717) is 6.54 Å². The predicted octanol–water partition coefficient (Wildman–Crippen LogP) is 1.30. The Labute approximate surface area is 65.0 Å². The number of nitrogens with one attached hydrogen (secondary N) is 1. The number of hydrogen-bond donors (Lipinski definition) is 2. The highest BCUT2D eigenvalue weighted by Gasteiger charge is 1.94. The maximum Gasteiger partial charge on any atom is 0.0451 e. The number of nitrogens with two attached hydrogens (primary N) is 1. The van der Waals surface area contributed by atoms with Gasteiger partial charge in [0, 0.05) is 11.6 Å². The van der Waals surface area contributed by atoms with Crippen LogP contribution in [-0.2, 0) is 6.54 Å². The fourth-order valence-electron chi connectivity index (χ4n) is 0.752. The molecule has 0 aliphatic carbocycles. The van der Waals surface area contributed by atoms with E-state index in [0.717, 1.165) is 10.6 Å². The minimum atomic E-state index is 0.611. The van der Waals surface area contributed by atoms with Gasteiger partial charge in [0.05, 0.1) is 0 Å². The largest absolute Gasteiger partial charge is 0.271 e. The van der Waals surface area contributed by atoms with Crippen LogP contribution >= 0.6 is 11.6 Å². The average Bonchev–Trinajstić information content (AvgIpc) is 1.94. The smallest absolute Gasteiger partial charge is 0.0451 e. The summed E-state index contributed by atoms with van der Waals surface area (Å²) in [7, 11) is 0. The molecule has 3 heteroatoms. The van der Waals surface area contributed by atoms with Crippen molar-refractivity contribution < 1.29 is 0 Å². The third-order valence-electron chi connectivity index (χ3n) is 1.25. The normalized spacial score (nSPS) is 9.80. The Kier molecular flexibility index (Phi) is 2.68. The minimum Gasteiger partial charge on any atom is -0.271 e. The van der Waals surface area contributed by atoms with Crippen LogP contribution in [-0.4, -0.2) is 0 Å². The van der Waals surface area contributed by atoms with Crippen molar-refractivity contribution in [3.05, 3.63) is 34.9 Å². The molecule has 3 N–H and O–H groups in total. The Morgan fingerprint density at radius 3 is 2.70 bits per heavy atom. The first kappa shape index (κ1) is 7.54. The van der Waals surface area contributed by atoms with Crippen LogP contribution in [0.15, 0.2) is 24.3 Å². The monoisotopic (exact) mass is 156 g/mol. The van der Waals surface area contributed by atoms with Crippen molar-refractivity contribution in [1.82, 2.24) is 5.43 Å². The molecule has 0 aliphatic rings. The molecule has 0 radical (unpaired) electrons. The summed E-state index contributed by atoms with van der Waals surface area (Å²) in [6, 6.07) is 7.59. The van der Waals surface area contributed by atoms with Gasteiger partial charge in [-0.25, -0.2) is 0 Å². The third-order valence-corrected chi connectivity index (χ3v) is 1.62. The van der Waals surface area contributed by atoms with Gasteiger partial charge in [-0.05, 0) is 11.6 Å². The van der Waals surface area contributed by atoms with Gasteiger partial charge in [-0.1, -0.05) is 29.8 Å². The van der Waals surface area contributed by atoms with Gasteiger partial charge in [-0.3, -0.25) is 11.3 Å². The van der Waals surface area contributed by atoms with Crippen LogP contribution < -0.4 is 11.3 Å². The van der Waals surface area contributed by atoms with E-state index >= 15 is 0 Å². The van der Waals surface area contributed by atoms with Crippen LogP contribution in [0.2, 0.25) is 5.02 Å². The molecule has 0 atom stereocenters. The van der Waals surface area contributed by atoms with Gasteiger partial charge in [-0.15, -0.1) is 0 Å². The van der Waals surface area contributed by atoms with Crippen molar-refractivity contribution in [1.29, 1.82) is 0 Å². The van der Waals surface area contributed by atoms with E-state index in [1.807, 2.05) is 24.3 Å². The van der Waals surface area contributed by atoms with E-state index in [9.17, 15) is 0 Å². The van der Waals surface area contributed by atoms with Crippen LogP contribution in [0, 0.1) is 0 Å². The topological polar surface area (TPSA) is 38.0 Å². The maximum atomic E-state index is 5.81. The first-order chi connectivity index (χ1) is 4.84. The summed E-state index contributed by atoms with van der Waals surface area (Å²) in [5.41, 5.74) is 3.56. The maximum absolute atomic E-state index is 5.81. The molecule has 0 aliphatic heterocycles. The van der Waals surface area contributed by atoms with Gasteiger partial charge in [0.1, 0.15) is 0 Å². The summed E-state index contributed by atoms with van der Waals surface area (Å²) in [5, 5.41) is 0.750. The van der Waals surface area contributed by atoms with E-state index < -0.39 is 0 Å². The van der Waals surface area contributed by atoms with Crippen LogP contribution in [0.3, 0.4) is 0 Å². The van der Waals surface area contributed by atoms with Crippen molar-refractivity contribution in [3.8, 4) is 0 Å². The number of rotatable bonds is 2. The SMILES string of the molecule is NNCc1ccccc1Cl. The zero-order valence-corrected chi connectivity index (χ0v) is 6.23. The summed E-state index contributed by atoms with van der Waals surface area (Å²) in [5.74, 6) is 5.12. The Morgan fingerprint density at radius 1 is 1.40 bits per heavy atom. The van der Waals surface area contributed by atoms with E-state index in [2.05, 4.69) is 5.43 Å². The summed E-state index contributed by atoms with van der Waals surface area (Å²) in [6.45, 7) is 0.611. The van der Waals surface area contributed by atoms with Gasteiger partial charge < -0.3 is 0 Å². The highest BCUT2D eigenvalue weighted by atomic mass is 35.5.